The monoisotopic (exact) mass is 268 g/mol. The Bertz CT molecular complexity index is 458. The van der Waals surface area contributed by atoms with E-state index in [0.29, 0.717) is 6.54 Å². The molecular weight excluding hydrogens is 248 g/mol. The first-order valence-corrected chi connectivity index (χ1v) is 6.03. The lowest BCUT2D eigenvalue weighted by Gasteiger charge is -2.23. The first-order valence-electron chi connectivity index (χ1n) is 6.03. The average molecular weight is 268 g/mol. The molecule has 2 unspecified atom stereocenters. The minimum atomic E-state index is -0.931. The van der Waals surface area contributed by atoms with E-state index in [1.807, 2.05) is 11.6 Å². The predicted octanol–water partition coefficient (Wildman–Crippen LogP) is 0.671. The second-order valence-corrected chi connectivity index (χ2v) is 4.68. The molecule has 0 bridgehead atoms. The molecule has 1 heterocycles. The van der Waals surface area contributed by atoms with E-state index >= 15 is 0 Å². The molecule has 106 valence electrons. The fourth-order valence-corrected chi connectivity index (χ4v) is 1.48. The molecule has 0 saturated heterocycles. The van der Waals surface area contributed by atoms with Crippen LogP contribution in [0.3, 0.4) is 0 Å². The van der Waals surface area contributed by atoms with Crippen LogP contribution in [0.2, 0.25) is 0 Å². The molecule has 0 radical (unpaired) electrons. The van der Waals surface area contributed by atoms with Crippen molar-refractivity contribution >= 4 is 12.0 Å². The van der Waals surface area contributed by atoms with Crippen LogP contribution < -0.4 is 5.32 Å². The molecule has 7 heteroatoms. The molecule has 19 heavy (non-hydrogen) atoms. The summed E-state index contributed by atoms with van der Waals surface area (Å²) in [5.41, 5.74) is 0. The molecule has 0 aliphatic carbocycles. The molecule has 0 aliphatic rings. The Labute approximate surface area is 112 Å². The van der Waals surface area contributed by atoms with Crippen LogP contribution in [0.15, 0.2) is 12.4 Å². The van der Waals surface area contributed by atoms with E-state index in [0.717, 1.165) is 5.82 Å². The summed E-state index contributed by atoms with van der Waals surface area (Å²) in [6.45, 7) is 3.60. The van der Waals surface area contributed by atoms with Gasteiger partial charge >= 0.3 is 12.0 Å². The number of carbonyl (C=O) groups is 2. The molecule has 0 spiro atoms. The van der Waals surface area contributed by atoms with Crippen molar-refractivity contribution in [3.63, 3.8) is 0 Å². The zero-order valence-corrected chi connectivity index (χ0v) is 11.6. The Morgan fingerprint density at radius 2 is 2.16 bits per heavy atom. The summed E-state index contributed by atoms with van der Waals surface area (Å²) in [6.07, 6.45) is 3.46. The molecule has 2 N–H and O–H groups in total. The van der Waals surface area contributed by atoms with E-state index in [-0.39, 0.29) is 6.03 Å². The molecular formula is C12H20N4O3. The zero-order valence-electron chi connectivity index (χ0n) is 11.6. The quantitative estimate of drug-likeness (QED) is 0.821. The van der Waals surface area contributed by atoms with Crippen molar-refractivity contribution in [2.24, 2.45) is 13.0 Å². The van der Waals surface area contributed by atoms with E-state index in [1.165, 1.54) is 4.90 Å². The van der Waals surface area contributed by atoms with Gasteiger partial charge in [-0.05, 0) is 13.8 Å². The van der Waals surface area contributed by atoms with Gasteiger partial charge in [-0.25, -0.2) is 9.78 Å². The SMILES string of the molecule is CC(NC(=O)N(C)Cc1nccn1C)C(C)C(=O)O. The Balaban J connectivity index is 2.54. The van der Waals surface area contributed by atoms with E-state index in [2.05, 4.69) is 10.3 Å². The van der Waals surface area contributed by atoms with Gasteiger partial charge in [0.15, 0.2) is 0 Å². The fraction of sp³-hybridized carbons (Fsp3) is 0.583. The highest BCUT2D eigenvalue weighted by molar-refractivity contribution is 5.76. The van der Waals surface area contributed by atoms with Gasteiger partial charge in [-0.3, -0.25) is 4.79 Å². The summed E-state index contributed by atoms with van der Waals surface area (Å²) in [5, 5.41) is 11.5. The normalized spacial score (nSPS) is 13.7. The lowest BCUT2D eigenvalue weighted by atomic mass is 10.0. The molecule has 1 rings (SSSR count). The Morgan fingerprint density at radius 1 is 1.53 bits per heavy atom. The fourth-order valence-electron chi connectivity index (χ4n) is 1.48. The maximum atomic E-state index is 11.9. The van der Waals surface area contributed by atoms with Crippen LogP contribution in [-0.4, -0.2) is 44.6 Å². The van der Waals surface area contributed by atoms with Gasteiger partial charge in [0.05, 0.1) is 12.5 Å². The Hall–Kier alpha value is -2.05. The minimum absolute atomic E-state index is 0.316. The second kappa shape index (κ2) is 6.21. The highest BCUT2D eigenvalue weighted by Crippen LogP contribution is 2.04. The third-order valence-electron chi connectivity index (χ3n) is 3.14. The van der Waals surface area contributed by atoms with Crippen molar-refractivity contribution in [3.8, 4) is 0 Å². The molecule has 2 amide bonds. The number of aryl methyl sites for hydroxylation is 1. The summed E-state index contributed by atoms with van der Waals surface area (Å²) in [6, 6.07) is -0.752. The number of amides is 2. The van der Waals surface area contributed by atoms with Gasteiger partial charge in [0.25, 0.3) is 0 Å². The van der Waals surface area contributed by atoms with Crippen LogP contribution in [0.5, 0.6) is 0 Å². The molecule has 0 saturated carbocycles. The van der Waals surface area contributed by atoms with E-state index < -0.39 is 17.9 Å². The lowest BCUT2D eigenvalue weighted by molar-refractivity contribution is -0.141. The largest absolute Gasteiger partial charge is 0.481 e. The number of carboxylic acids is 1. The van der Waals surface area contributed by atoms with Gasteiger partial charge in [-0.15, -0.1) is 0 Å². The number of imidazole rings is 1. The molecule has 0 aromatic carbocycles. The molecule has 0 aliphatic heterocycles. The minimum Gasteiger partial charge on any atom is -0.481 e. The molecule has 0 fully saturated rings. The number of carboxylic acid groups (broad SMARTS) is 1. The number of nitrogens with zero attached hydrogens (tertiary/aromatic N) is 3. The van der Waals surface area contributed by atoms with Crippen LogP contribution in [0.25, 0.3) is 0 Å². The third-order valence-corrected chi connectivity index (χ3v) is 3.14. The first kappa shape index (κ1) is 15.0. The van der Waals surface area contributed by atoms with Crippen molar-refractivity contribution in [2.75, 3.05) is 7.05 Å². The summed E-state index contributed by atoms with van der Waals surface area (Å²) >= 11 is 0. The van der Waals surface area contributed by atoms with Crippen molar-refractivity contribution in [1.29, 1.82) is 0 Å². The third kappa shape index (κ3) is 3.97. The number of carbonyl (C=O) groups excluding carboxylic acids is 1. The number of hydrogen-bond acceptors (Lipinski definition) is 3. The van der Waals surface area contributed by atoms with Crippen LogP contribution in [0.1, 0.15) is 19.7 Å². The van der Waals surface area contributed by atoms with Crippen LogP contribution in [-0.2, 0) is 18.4 Å². The number of aromatic nitrogens is 2. The Morgan fingerprint density at radius 3 is 2.63 bits per heavy atom. The molecule has 1 aromatic rings. The van der Waals surface area contributed by atoms with Gasteiger partial charge < -0.3 is 19.9 Å². The van der Waals surface area contributed by atoms with Crippen LogP contribution in [0.4, 0.5) is 4.79 Å². The number of aliphatic carboxylic acids is 1. The lowest BCUT2D eigenvalue weighted by Crippen LogP contribution is -2.45. The van der Waals surface area contributed by atoms with Gasteiger partial charge in [-0.1, -0.05) is 0 Å². The molecule has 1 aromatic heterocycles. The number of urea groups is 1. The van der Waals surface area contributed by atoms with Gasteiger partial charge in [0.1, 0.15) is 5.82 Å². The molecule has 2 atom stereocenters. The number of rotatable bonds is 5. The van der Waals surface area contributed by atoms with Crippen LogP contribution in [0, 0.1) is 5.92 Å². The smallest absolute Gasteiger partial charge is 0.317 e. The second-order valence-electron chi connectivity index (χ2n) is 4.68. The highest BCUT2D eigenvalue weighted by Gasteiger charge is 2.22. The topological polar surface area (TPSA) is 87.5 Å². The standard InChI is InChI=1S/C12H20N4O3/c1-8(11(17)18)9(2)14-12(19)16(4)7-10-13-5-6-15(10)3/h5-6,8-9H,7H2,1-4H3,(H,14,19)(H,17,18). The van der Waals surface area contributed by atoms with Crippen molar-refractivity contribution in [1.82, 2.24) is 19.8 Å². The van der Waals surface area contributed by atoms with Crippen molar-refractivity contribution in [3.05, 3.63) is 18.2 Å². The summed E-state index contributed by atoms with van der Waals surface area (Å²) < 4.78 is 1.83. The maximum absolute atomic E-state index is 11.9. The molecule has 7 nitrogen and oxygen atoms in total. The summed E-state index contributed by atoms with van der Waals surface area (Å²) in [4.78, 5) is 28.3. The number of nitrogens with one attached hydrogen (secondary N) is 1. The van der Waals surface area contributed by atoms with Gasteiger partial charge in [0.2, 0.25) is 0 Å². The Kier molecular flexibility index (Phi) is 4.91. The first-order chi connectivity index (χ1) is 8.82. The van der Waals surface area contributed by atoms with Crippen LogP contribution >= 0.6 is 0 Å². The van der Waals surface area contributed by atoms with Gasteiger partial charge in [-0.2, -0.15) is 0 Å². The van der Waals surface area contributed by atoms with Crippen molar-refractivity contribution in [2.45, 2.75) is 26.4 Å². The zero-order chi connectivity index (χ0) is 14.6. The maximum Gasteiger partial charge on any atom is 0.317 e. The summed E-state index contributed by atoms with van der Waals surface area (Å²) in [7, 11) is 3.49. The van der Waals surface area contributed by atoms with E-state index in [4.69, 9.17) is 5.11 Å². The van der Waals surface area contributed by atoms with E-state index in [1.54, 1.807) is 33.3 Å². The van der Waals surface area contributed by atoms with Gasteiger partial charge in [0, 0.05) is 32.5 Å². The highest BCUT2D eigenvalue weighted by atomic mass is 16.4. The average Bonchev–Trinajstić information content (AvgIpc) is 2.73. The predicted molar refractivity (Wildman–Crippen MR) is 69.5 cm³/mol. The van der Waals surface area contributed by atoms with Crippen molar-refractivity contribution < 1.29 is 14.7 Å². The van der Waals surface area contributed by atoms with E-state index in [9.17, 15) is 9.59 Å². The summed E-state index contributed by atoms with van der Waals surface area (Å²) in [5.74, 6) is -0.804. The number of hydrogen-bond donors (Lipinski definition) is 2.